The molecule has 0 spiro atoms. The first-order chi connectivity index (χ1) is 9.98. The van der Waals surface area contributed by atoms with Crippen LogP contribution in [-0.2, 0) is 27.7 Å². The SMILES string of the molecule is COCc1ccc(CNC(=O)N[C@H]2CCS(=O)(=O)C2)cc1. The van der Waals surface area contributed by atoms with E-state index < -0.39 is 9.84 Å². The number of urea groups is 1. The summed E-state index contributed by atoms with van der Waals surface area (Å²) in [5.41, 5.74) is 2.05. The van der Waals surface area contributed by atoms with Crippen LogP contribution in [0.1, 0.15) is 17.5 Å². The van der Waals surface area contributed by atoms with Crippen LogP contribution in [0.4, 0.5) is 4.79 Å². The molecule has 1 aromatic rings. The fourth-order valence-corrected chi connectivity index (χ4v) is 3.92. The first-order valence-corrected chi connectivity index (χ1v) is 8.62. The minimum atomic E-state index is -2.97. The van der Waals surface area contributed by atoms with E-state index in [9.17, 15) is 13.2 Å². The normalized spacial score (nSPS) is 20.1. The van der Waals surface area contributed by atoms with Gasteiger partial charge in [-0.05, 0) is 17.5 Å². The zero-order valence-electron chi connectivity index (χ0n) is 12.0. The summed E-state index contributed by atoms with van der Waals surface area (Å²) in [6.45, 7) is 0.961. The van der Waals surface area contributed by atoms with Crippen molar-refractivity contribution >= 4 is 15.9 Å². The first-order valence-electron chi connectivity index (χ1n) is 6.80. The monoisotopic (exact) mass is 312 g/mol. The minimum absolute atomic E-state index is 0.0339. The molecule has 116 valence electrons. The lowest BCUT2D eigenvalue weighted by atomic mass is 10.1. The van der Waals surface area contributed by atoms with Gasteiger partial charge in [-0.2, -0.15) is 0 Å². The third-order valence-corrected chi connectivity index (χ3v) is 5.12. The number of methoxy groups -OCH3 is 1. The maximum Gasteiger partial charge on any atom is 0.315 e. The van der Waals surface area contributed by atoms with Gasteiger partial charge in [-0.3, -0.25) is 0 Å². The van der Waals surface area contributed by atoms with Crippen LogP contribution in [0.15, 0.2) is 24.3 Å². The van der Waals surface area contributed by atoms with Crippen molar-refractivity contribution < 1.29 is 17.9 Å². The lowest BCUT2D eigenvalue weighted by Crippen LogP contribution is -2.42. The average molecular weight is 312 g/mol. The molecule has 1 fully saturated rings. The van der Waals surface area contributed by atoms with Crippen LogP contribution in [0.25, 0.3) is 0 Å². The van der Waals surface area contributed by atoms with Crippen molar-refractivity contribution in [2.24, 2.45) is 0 Å². The molecule has 2 amide bonds. The molecule has 1 aliphatic heterocycles. The quantitative estimate of drug-likeness (QED) is 0.843. The molecule has 0 radical (unpaired) electrons. The van der Waals surface area contributed by atoms with Crippen LogP contribution in [0.5, 0.6) is 0 Å². The molecular formula is C14H20N2O4S. The largest absolute Gasteiger partial charge is 0.380 e. The Morgan fingerprint density at radius 1 is 1.29 bits per heavy atom. The number of rotatable bonds is 5. The number of carbonyl (C=O) groups excluding carboxylic acids is 1. The number of ether oxygens (including phenoxy) is 1. The molecule has 7 heteroatoms. The number of nitrogens with one attached hydrogen (secondary N) is 2. The predicted octanol–water partition coefficient (Wildman–Crippen LogP) is 0.819. The van der Waals surface area contributed by atoms with E-state index >= 15 is 0 Å². The van der Waals surface area contributed by atoms with Crippen LogP contribution in [0.3, 0.4) is 0 Å². The predicted molar refractivity (Wildman–Crippen MR) is 79.6 cm³/mol. The maximum absolute atomic E-state index is 11.7. The van der Waals surface area contributed by atoms with Crippen molar-refractivity contribution in [1.82, 2.24) is 10.6 Å². The van der Waals surface area contributed by atoms with Crippen LogP contribution < -0.4 is 10.6 Å². The zero-order chi connectivity index (χ0) is 15.3. The summed E-state index contributed by atoms with van der Waals surface area (Å²) in [7, 11) is -1.33. The smallest absolute Gasteiger partial charge is 0.315 e. The lowest BCUT2D eigenvalue weighted by Gasteiger charge is -2.12. The third kappa shape index (κ3) is 5.02. The third-order valence-electron chi connectivity index (χ3n) is 3.35. The highest BCUT2D eigenvalue weighted by Gasteiger charge is 2.28. The fraction of sp³-hybridized carbons (Fsp3) is 0.500. The Kier molecular flexibility index (Phi) is 5.19. The number of hydrogen-bond acceptors (Lipinski definition) is 4. The Bertz CT molecular complexity index is 583. The van der Waals surface area contributed by atoms with Crippen molar-refractivity contribution in [3.63, 3.8) is 0 Å². The summed E-state index contributed by atoms with van der Waals surface area (Å²) in [6, 6.07) is 7.13. The number of benzene rings is 1. The second-order valence-electron chi connectivity index (χ2n) is 5.18. The molecule has 1 heterocycles. The Balaban J connectivity index is 1.76. The zero-order valence-corrected chi connectivity index (χ0v) is 12.8. The number of amides is 2. The highest BCUT2D eigenvalue weighted by Crippen LogP contribution is 2.11. The van der Waals surface area contributed by atoms with Gasteiger partial charge >= 0.3 is 6.03 Å². The van der Waals surface area contributed by atoms with E-state index in [1.54, 1.807) is 7.11 Å². The molecule has 1 aromatic carbocycles. The lowest BCUT2D eigenvalue weighted by molar-refractivity contribution is 0.185. The molecule has 21 heavy (non-hydrogen) atoms. The topological polar surface area (TPSA) is 84.5 Å². The average Bonchev–Trinajstić information content (AvgIpc) is 2.77. The molecule has 1 atom stereocenters. The van der Waals surface area contributed by atoms with Gasteiger partial charge in [0.2, 0.25) is 0 Å². The molecule has 0 unspecified atom stereocenters. The van der Waals surface area contributed by atoms with Crippen LogP contribution in [0.2, 0.25) is 0 Å². The van der Waals surface area contributed by atoms with Gasteiger partial charge in [-0.25, -0.2) is 13.2 Å². The van der Waals surface area contributed by atoms with Crippen molar-refractivity contribution in [3.05, 3.63) is 35.4 Å². The van der Waals surface area contributed by atoms with Gasteiger partial charge < -0.3 is 15.4 Å². The molecule has 1 aliphatic rings. The van der Waals surface area contributed by atoms with Crippen LogP contribution in [0, 0.1) is 0 Å². The summed E-state index contributed by atoms with van der Waals surface area (Å²) in [6.07, 6.45) is 0.488. The fourth-order valence-electron chi connectivity index (χ4n) is 2.25. The van der Waals surface area contributed by atoms with E-state index in [-0.39, 0.29) is 23.6 Å². The van der Waals surface area contributed by atoms with Crippen molar-refractivity contribution in [2.75, 3.05) is 18.6 Å². The second-order valence-corrected chi connectivity index (χ2v) is 7.41. The Morgan fingerprint density at radius 3 is 2.52 bits per heavy atom. The summed E-state index contributed by atoms with van der Waals surface area (Å²) >= 11 is 0. The standard InChI is InChI=1S/C14H20N2O4S/c1-20-9-12-4-2-11(3-5-12)8-15-14(17)16-13-6-7-21(18,19)10-13/h2-5,13H,6-10H2,1H3,(H2,15,16,17)/t13-/m0/s1. The van der Waals surface area contributed by atoms with Gasteiger partial charge in [0.15, 0.2) is 9.84 Å². The number of carbonyl (C=O) groups is 1. The maximum atomic E-state index is 11.7. The van der Waals surface area contributed by atoms with E-state index in [4.69, 9.17) is 4.74 Å². The number of hydrogen-bond donors (Lipinski definition) is 2. The van der Waals surface area contributed by atoms with E-state index in [1.807, 2.05) is 24.3 Å². The molecule has 2 rings (SSSR count). The van der Waals surface area contributed by atoms with Crippen LogP contribution >= 0.6 is 0 Å². The molecular weight excluding hydrogens is 292 g/mol. The molecule has 2 N–H and O–H groups in total. The summed E-state index contributed by atoms with van der Waals surface area (Å²) in [4.78, 5) is 11.7. The molecule has 6 nitrogen and oxygen atoms in total. The number of sulfone groups is 1. The molecule has 1 saturated heterocycles. The van der Waals surface area contributed by atoms with Crippen LogP contribution in [-0.4, -0.2) is 39.1 Å². The van der Waals surface area contributed by atoms with Crippen molar-refractivity contribution in [3.8, 4) is 0 Å². The molecule has 0 bridgehead atoms. The highest BCUT2D eigenvalue weighted by atomic mass is 32.2. The van der Waals surface area contributed by atoms with Crippen molar-refractivity contribution in [2.45, 2.75) is 25.6 Å². The summed E-state index contributed by atoms with van der Waals surface area (Å²) in [5, 5.41) is 5.42. The van der Waals surface area contributed by atoms with Gasteiger partial charge in [0.05, 0.1) is 18.1 Å². The second kappa shape index (κ2) is 6.91. The first kappa shape index (κ1) is 15.8. The minimum Gasteiger partial charge on any atom is -0.380 e. The van der Waals surface area contributed by atoms with Gasteiger partial charge in [0, 0.05) is 19.7 Å². The van der Waals surface area contributed by atoms with Gasteiger partial charge in [-0.15, -0.1) is 0 Å². The van der Waals surface area contributed by atoms with E-state index in [1.165, 1.54) is 0 Å². The molecule has 0 aliphatic carbocycles. The molecule has 0 saturated carbocycles. The van der Waals surface area contributed by atoms with E-state index in [0.717, 1.165) is 11.1 Å². The van der Waals surface area contributed by atoms with Crippen molar-refractivity contribution in [1.29, 1.82) is 0 Å². The summed E-state index contributed by atoms with van der Waals surface area (Å²) < 4.78 is 27.6. The Labute approximate surface area is 124 Å². The van der Waals surface area contributed by atoms with Gasteiger partial charge in [0.1, 0.15) is 0 Å². The highest BCUT2D eigenvalue weighted by molar-refractivity contribution is 7.91. The van der Waals surface area contributed by atoms with E-state index in [2.05, 4.69) is 10.6 Å². The van der Waals surface area contributed by atoms with Gasteiger partial charge in [-0.1, -0.05) is 24.3 Å². The summed E-state index contributed by atoms with van der Waals surface area (Å²) in [5.74, 6) is 0.186. The Morgan fingerprint density at radius 2 is 1.95 bits per heavy atom. The van der Waals surface area contributed by atoms with Gasteiger partial charge in [0.25, 0.3) is 0 Å². The van der Waals surface area contributed by atoms with E-state index in [0.29, 0.717) is 19.6 Å². The molecule has 0 aromatic heterocycles. The Hall–Kier alpha value is -1.60.